The third kappa shape index (κ3) is 2.49. The first-order chi connectivity index (χ1) is 7.35. The number of hydrogen-bond donors (Lipinski definition) is 2. The van der Waals surface area contributed by atoms with E-state index in [4.69, 9.17) is 10.8 Å². The summed E-state index contributed by atoms with van der Waals surface area (Å²) in [6.07, 6.45) is 2.50. The summed E-state index contributed by atoms with van der Waals surface area (Å²) in [5, 5.41) is 9.01. The number of anilines is 1. The monoisotopic (exact) mass is 206 g/mol. The smallest absolute Gasteiger partial charge is 0.0606 e. The van der Waals surface area contributed by atoms with Crippen LogP contribution in [0.5, 0.6) is 0 Å². The van der Waals surface area contributed by atoms with Gasteiger partial charge in [0.15, 0.2) is 0 Å². The van der Waals surface area contributed by atoms with Crippen LogP contribution in [-0.2, 0) is 6.54 Å². The van der Waals surface area contributed by atoms with Crippen molar-refractivity contribution in [3.8, 4) is 0 Å². The second-order valence-corrected chi connectivity index (χ2v) is 4.02. The van der Waals surface area contributed by atoms with E-state index in [2.05, 4.69) is 29.2 Å². The molecule has 3 heteroatoms. The Morgan fingerprint density at radius 1 is 1.27 bits per heavy atom. The van der Waals surface area contributed by atoms with E-state index < -0.39 is 0 Å². The van der Waals surface area contributed by atoms with Gasteiger partial charge in [0.2, 0.25) is 0 Å². The van der Waals surface area contributed by atoms with E-state index in [1.54, 1.807) is 0 Å². The fraction of sp³-hybridized carbons (Fsp3) is 0.500. The summed E-state index contributed by atoms with van der Waals surface area (Å²) >= 11 is 0. The lowest BCUT2D eigenvalue weighted by molar-refractivity contribution is 0.301. The molecule has 3 nitrogen and oxygen atoms in total. The molecule has 1 aromatic rings. The summed E-state index contributed by atoms with van der Waals surface area (Å²) in [5.74, 6) is 0. The fourth-order valence-electron chi connectivity index (χ4n) is 1.84. The Morgan fingerprint density at radius 3 is 2.40 bits per heavy atom. The van der Waals surface area contributed by atoms with Gasteiger partial charge in [-0.2, -0.15) is 0 Å². The lowest BCUT2D eigenvalue weighted by atomic mass is 10.2. The van der Waals surface area contributed by atoms with E-state index in [0.717, 1.165) is 12.1 Å². The molecule has 0 saturated heterocycles. The first-order valence-corrected chi connectivity index (χ1v) is 5.51. The number of rotatable bonds is 5. The zero-order chi connectivity index (χ0) is 10.7. The number of aliphatic hydroxyl groups excluding tert-OH is 1. The van der Waals surface area contributed by atoms with Gasteiger partial charge in [0.1, 0.15) is 0 Å². The molecule has 1 fully saturated rings. The van der Waals surface area contributed by atoms with E-state index in [-0.39, 0.29) is 6.61 Å². The molecule has 0 aliphatic heterocycles. The SMILES string of the molecule is NCc1ccc(N(CCO)C2CC2)cc1. The third-order valence-electron chi connectivity index (χ3n) is 2.83. The minimum Gasteiger partial charge on any atom is -0.395 e. The van der Waals surface area contributed by atoms with Crippen LogP contribution < -0.4 is 10.6 Å². The molecule has 0 spiro atoms. The first kappa shape index (κ1) is 10.5. The summed E-state index contributed by atoms with van der Waals surface area (Å²) < 4.78 is 0. The fourth-order valence-corrected chi connectivity index (χ4v) is 1.84. The quantitative estimate of drug-likeness (QED) is 0.758. The van der Waals surface area contributed by atoms with Gasteiger partial charge < -0.3 is 15.7 Å². The van der Waals surface area contributed by atoms with Crippen molar-refractivity contribution >= 4 is 5.69 Å². The van der Waals surface area contributed by atoms with Crippen LogP contribution in [0.4, 0.5) is 5.69 Å². The topological polar surface area (TPSA) is 49.5 Å². The molecule has 15 heavy (non-hydrogen) atoms. The molecular weight excluding hydrogens is 188 g/mol. The van der Waals surface area contributed by atoms with Crippen LogP contribution in [-0.4, -0.2) is 24.3 Å². The van der Waals surface area contributed by atoms with Crippen molar-refractivity contribution in [2.45, 2.75) is 25.4 Å². The molecule has 0 atom stereocenters. The minimum absolute atomic E-state index is 0.217. The molecule has 3 N–H and O–H groups in total. The molecule has 0 heterocycles. The van der Waals surface area contributed by atoms with Crippen molar-refractivity contribution in [2.75, 3.05) is 18.1 Å². The van der Waals surface area contributed by atoms with Crippen molar-refractivity contribution in [1.29, 1.82) is 0 Å². The maximum atomic E-state index is 9.01. The Labute approximate surface area is 90.5 Å². The van der Waals surface area contributed by atoms with E-state index in [0.29, 0.717) is 12.6 Å². The molecule has 0 unspecified atom stereocenters. The highest BCUT2D eigenvalue weighted by Crippen LogP contribution is 2.31. The standard InChI is InChI=1S/C12H18N2O/c13-9-10-1-3-11(4-2-10)14(7-8-15)12-5-6-12/h1-4,12,15H,5-9,13H2. The van der Waals surface area contributed by atoms with E-state index in [1.165, 1.54) is 18.5 Å². The number of hydrogen-bond acceptors (Lipinski definition) is 3. The molecule has 1 aliphatic carbocycles. The zero-order valence-electron chi connectivity index (χ0n) is 8.89. The van der Waals surface area contributed by atoms with Gasteiger partial charge in [0, 0.05) is 24.8 Å². The van der Waals surface area contributed by atoms with Gasteiger partial charge in [-0.1, -0.05) is 12.1 Å². The molecule has 2 rings (SSSR count). The van der Waals surface area contributed by atoms with Crippen molar-refractivity contribution in [3.05, 3.63) is 29.8 Å². The largest absolute Gasteiger partial charge is 0.395 e. The number of nitrogens with zero attached hydrogens (tertiary/aromatic N) is 1. The van der Waals surface area contributed by atoms with Gasteiger partial charge in [-0.05, 0) is 30.5 Å². The average molecular weight is 206 g/mol. The summed E-state index contributed by atoms with van der Waals surface area (Å²) in [6.45, 7) is 1.53. The highest BCUT2D eigenvalue weighted by atomic mass is 16.3. The molecule has 0 bridgehead atoms. The maximum absolute atomic E-state index is 9.01. The number of benzene rings is 1. The molecular formula is C12H18N2O. The van der Waals surface area contributed by atoms with Gasteiger partial charge in [-0.25, -0.2) is 0 Å². The Kier molecular flexibility index (Phi) is 3.23. The van der Waals surface area contributed by atoms with E-state index in [9.17, 15) is 0 Å². The zero-order valence-corrected chi connectivity index (χ0v) is 8.89. The highest BCUT2D eigenvalue weighted by molar-refractivity contribution is 5.49. The third-order valence-corrected chi connectivity index (χ3v) is 2.83. The van der Waals surface area contributed by atoms with Gasteiger partial charge in [-0.3, -0.25) is 0 Å². The Balaban J connectivity index is 2.10. The average Bonchev–Trinajstić information content (AvgIpc) is 3.10. The first-order valence-electron chi connectivity index (χ1n) is 5.51. The number of aliphatic hydroxyl groups is 1. The summed E-state index contributed by atoms with van der Waals surface area (Å²) in [5.41, 5.74) is 7.90. The van der Waals surface area contributed by atoms with Crippen molar-refractivity contribution < 1.29 is 5.11 Å². The van der Waals surface area contributed by atoms with E-state index in [1.807, 2.05) is 0 Å². The van der Waals surface area contributed by atoms with Gasteiger partial charge >= 0.3 is 0 Å². The van der Waals surface area contributed by atoms with Crippen LogP contribution in [0.25, 0.3) is 0 Å². The van der Waals surface area contributed by atoms with Crippen LogP contribution >= 0.6 is 0 Å². The second kappa shape index (κ2) is 4.64. The van der Waals surface area contributed by atoms with E-state index >= 15 is 0 Å². The summed E-state index contributed by atoms with van der Waals surface area (Å²) in [4.78, 5) is 2.28. The summed E-state index contributed by atoms with van der Waals surface area (Å²) in [7, 11) is 0. The molecule has 1 saturated carbocycles. The van der Waals surface area contributed by atoms with Crippen molar-refractivity contribution in [1.82, 2.24) is 0 Å². The lowest BCUT2D eigenvalue weighted by Crippen LogP contribution is -2.28. The molecule has 82 valence electrons. The second-order valence-electron chi connectivity index (χ2n) is 4.02. The molecule has 1 aromatic carbocycles. The van der Waals surface area contributed by atoms with Crippen LogP contribution in [0.15, 0.2) is 24.3 Å². The van der Waals surface area contributed by atoms with Gasteiger partial charge in [0.05, 0.1) is 6.61 Å². The Bertz CT molecular complexity index is 306. The van der Waals surface area contributed by atoms with Crippen LogP contribution in [0, 0.1) is 0 Å². The Morgan fingerprint density at radius 2 is 1.93 bits per heavy atom. The minimum atomic E-state index is 0.217. The molecule has 0 radical (unpaired) electrons. The van der Waals surface area contributed by atoms with Crippen LogP contribution in [0.2, 0.25) is 0 Å². The normalized spacial score (nSPS) is 15.3. The van der Waals surface area contributed by atoms with Crippen molar-refractivity contribution in [2.24, 2.45) is 5.73 Å². The van der Waals surface area contributed by atoms with Crippen LogP contribution in [0.1, 0.15) is 18.4 Å². The van der Waals surface area contributed by atoms with Crippen molar-refractivity contribution in [3.63, 3.8) is 0 Å². The van der Waals surface area contributed by atoms with Gasteiger partial charge in [0.25, 0.3) is 0 Å². The predicted molar refractivity (Wildman–Crippen MR) is 61.8 cm³/mol. The highest BCUT2D eigenvalue weighted by Gasteiger charge is 2.28. The molecule has 1 aliphatic rings. The Hall–Kier alpha value is -1.06. The lowest BCUT2D eigenvalue weighted by Gasteiger charge is -2.23. The predicted octanol–water partition coefficient (Wildman–Crippen LogP) is 1.11. The van der Waals surface area contributed by atoms with Crippen LogP contribution in [0.3, 0.4) is 0 Å². The summed E-state index contributed by atoms with van der Waals surface area (Å²) in [6, 6.07) is 8.94. The number of nitrogens with two attached hydrogens (primary N) is 1. The molecule has 0 aromatic heterocycles. The molecule has 0 amide bonds. The van der Waals surface area contributed by atoms with Gasteiger partial charge in [-0.15, -0.1) is 0 Å². The maximum Gasteiger partial charge on any atom is 0.0606 e.